The van der Waals surface area contributed by atoms with E-state index in [1.54, 1.807) is 13.8 Å². The summed E-state index contributed by atoms with van der Waals surface area (Å²) in [5, 5.41) is 46.5. The molecule has 0 aliphatic carbocycles. The predicted molar refractivity (Wildman–Crippen MR) is 125 cm³/mol. The van der Waals surface area contributed by atoms with Crippen molar-refractivity contribution in [1.29, 1.82) is 0 Å². The third-order valence-electron chi connectivity index (χ3n) is 5.99. The Morgan fingerprint density at radius 1 is 1.18 bits per heavy atom. The first-order valence-electron chi connectivity index (χ1n) is 11.9. The molecule has 1 saturated heterocycles. The number of carbonyl (C=O) groups excluding carboxylic acids is 1. The fourth-order valence-electron chi connectivity index (χ4n) is 4.07. The van der Waals surface area contributed by atoms with Crippen molar-refractivity contribution in [2.75, 3.05) is 20.3 Å². The van der Waals surface area contributed by atoms with Crippen LogP contribution in [0.4, 0.5) is 13.6 Å². The molecular formula is C24H32F2N2O10. The normalized spacial score (nSPS) is 25.4. The van der Waals surface area contributed by atoms with Gasteiger partial charge in [0.2, 0.25) is 5.88 Å². The van der Waals surface area contributed by atoms with Crippen molar-refractivity contribution in [3.8, 4) is 11.6 Å². The number of carbonyl (C=O) groups is 1. The van der Waals surface area contributed by atoms with Gasteiger partial charge in [0.15, 0.2) is 23.5 Å². The maximum absolute atomic E-state index is 14.3. The van der Waals surface area contributed by atoms with E-state index in [-0.39, 0.29) is 36.1 Å². The van der Waals surface area contributed by atoms with Crippen LogP contribution < -0.4 is 9.47 Å². The highest BCUT2D eigenvalue weighted by Crippen LogP contribution is 2.35. The van der Waals surface area contributed by atoms with E-state index in [2.05, 4.69) is 9.84 Å². The third kappa shape index (κ3) is 5.99. The van der Waals surface area contributed by atoms with Gasteiger partial charge in [-0.3, -0.25) is 4.68 Å². The standard InChI is InChI=1S/C24H32F2N2O10/c1-6-35-23(32)36-10-17-18(29)19(30)21(31)24(33,37-17)38-22-14(12(4)28(27-22)11(2)3)7-13-8-15(25)20(34-5)16(26)9-13/h8-9,11,17-19,21,29-31,33H,6-7,10H2,1-5H3/t17-,18-,19+,21-,24+/m1/s1. The minimum absolute atomic E-state index is 0.0178. The molecule has 2 aromatic rings. The number of hydrogen-bond acceptors (Lipinski definition) is 11. The fraction of sp³-hybridized carbons (Fsp3) is 0.583. The molecule has 0 unspecified atom stereocenters. The molecule has 212 valence electrons. The van der Waals surface area contributed by atoms with Crippen molar-refractivity contribution < 1.29 is 57.7 Å². The lowest BCUT2D eigenvalue weighted by atomic mass is 9.97. The minimum Gasteiger partial charge on any atom is -0.491 e. The Morgan fingerprint density at radius 3 is 2.37 bits per heavy atom. The molecule has 0 saturated carbocycles. The van der Waals surface area contributed by atoms with E-state index < -0.39 is 60.5 Å². The topological polar surface area (TPSA) is 162 Å². The first-order chi connectivity index (χ1) is 17.8. The van der Waals surface area contributed by atoms with Crippen molar-refractivity contribution in [1.82, 2.24) is 9.78 Å². The summed E-state index contributed by atoms with van der Waals surface area (Å²) in [5.41, 5.74) is 0.987. The summed E-state index contributed by atoms with van der Waals surface area (Å²) in [6.07, 6.45) is -8.68. The Balaban J connectivity index is 1.95. The molecule has 4 N–H and O–H groups in total. The highest BCUT2D eigenvalue weighted by Gasteiger charge is 2.56. The number of nitrogens with zero attached hydrogens (tertiary/aromatic N) is 2. The van der Waals surface area contributed by atoms with E-state index in [4.69, 9.17) is 18.9 Å². The zero-order valence-electron chi connectivity index (χ0n) is 21.6. The third-order valence-corrected chi connectivity index (χ3v) is 5.99. The highest BCUT2D eigenvalue weighted by molar-refractivity contribution is 5.59. The van der Waals surface area contributed by atoms with Gasteiger partial charge >= 0.3 is 12.1 Å². The second kappa shape index (κ2) is 11.8. The van der Waals surface area contributed by atoms with Crippen LogP contribution in [0.3, 0.4) is 0 Å². The van der Waals surface area contributed by atoms with Crippen LogP contribution in [0.25, 0.3) is 0 Å². The van der Waals surface area contributed by atoms with E-state index in [0.29, 0.717) is 5.69 Å². The Kier molecular flexibility index (Phi) is 9.15. The summed E-state index contributed by atoms with van der Waals surface area (Å²) in [4.78, 5) is 11.5. The van der Waals surface area contributed by atoms with Crippen LogP contribution in [-0.4, -0.2) is 87.1 Å². The van der Waals surface area contributed by atoms with Crippen LogP contribution in [-0.2, 0) is 20.6 Å². The second-order valence-corrected chi connectivity index (χ2v) is 8.99. The molecule has 1 aliphatic rings. The first-order valence-corrected chi connectivity index (χ1v) is 11.9. The SMILES string of the molecule is CCOC(=O)OC[C@H]1O[C@](O)(Oc2nn(C(C)C)c(C)c2Cc2cc(F)c(OC)c(F)c2)[C@H](O)[C@@H](O)[C@@H]1O. The average molecular weight is 547 g/mol. The molecule has 1 fully saturated rings. The Labute approximate surface area is 217 Å². The van der Waals surface area contributed by atoms with Crippen molar-refractivity contribution >= 4 is 6.16 Å². The van der Waals surface area contributed by atoms with Gasteiger partial charge in [-0.25, -0.2) is 13.6 Å². The molecule has 5 atom stereocenters. The number of halogens is 2. The number of ether oxygens (including phenoxy) is 5. The maximum Gasteiger partial charge on any atom is 0.508 e. The first kappa shape index (κ1) is 29.5. The summed E-state index contributed by atoms with van der Waals surface area (Å²) in [6, 6.07) is 1.93. The van der Waals surface area contributed by atoms with Crippen molar-refractivity contribution in [3.63, 3.8) is 0 Å². The van der Waals surface area contributed by atoms with E-state index >= 15 is 0 Å². The fourth-order valence-corrected chi connectivity index (χ4v) is 4.07. The summed E-state index contributed by atoms with van der Waals surface area (Å²) >= 11 is 0. The van der Waals surface area contributed by atoms with Gasteiger partial charge in [0, 0.05) is 23.7 Å². The van der Waals surface area contributed by atoms with E-state index in [1.165, 1.54) is 4.68 Å². The van der Waals surface area contributed by atoms with E-state index in [0.717, 1.165) is 19.2 Å². The molecule has 2 heterocycles. The van der Waals surface area contributed by atoms with Gasteiger partial charge in [0.1, 0.15) is 24.9 Å². The molecule has 14 heteroatoms. The molecule has 1 aromatic heterocycles. The van der Waals surface area contributed by atoms with Crippen LogP contribution in [0.1, 0.15) is 43.6 Å². The van der Waals surface area contributed by atoms with Crippen molar-refractivity contribution in [2.24, 2.45) is 0 Å². The lowest BCUT2D eigenvalue weighted by molar-refractivity contribution is -0.423. The molecule has 3 rings (SSSR count). The Morgan fingerprint density at radius 2 is 1.82 bits per heavy atom. The number of rotatable bonds is 9. The minimum atomic E-state index is -2.96. The van der Waals surface area contributed by atoms with Gasteiger partial charge < -0.3 is 44.1 Å². The molecule has 0 radical (unpaired) electrons. The molecule has 38 heavy (non-hydrogen) atoms. The van der Waals surface area contributed by atoms with Crippen molar-refractivity contribution in [2.45, 2.75) is 70.5 Å². The zero-order valence-corrected chi connectivity index (χ0v) is 21.6. The van der Waals surface area contributed by atoms with Gasteiger partial charge in [-0.2, -0.15) is 0 Å². The maximum atomic E-state index is 14.3. The Bertz CT molecular complexity index is 1120. The van der Waals surface area contributed by atoms with E-state index in [9.17, 15) is 34.0 Å². The summed E-state index contributed by atoms with van der Waals surface area (Å²) in [6.45, 7) is 6.19. The Hall–Kier alpha value is -3.04. The summed E-state index contributed by atoms with van der Waals surface area (Å²) in [7, 11) is 1.14. The number of aromatic nitrogens is 2. The number of hydrogen-bond donors (Lipinski definition) is 4. The highest BCUT2D eigenvalue weighted by atomic mass is 19.1. The molecule has 1 aliphatic heterocycles. The smallest absolute Gasteiger partial charge is 0.491 e. The molecule has 0 bridgehead atoms. The van der Waals surface area contributed by atoms with Crippen LogP contribution in [0, 0.1) is 18.6 Å². The lowest BCUT2D eigenvalue weighted by Crippen LogP contribution is -2.67. The number of aliphatic hydroxyl groups excluding tert-OH is 3. The monoisotopic (exact) mass is 546 g/mol. The molecule has 12 nitrogen and oxygen atoms in total. The van der Waals surface area contributed by atoms with Gasteiger partial charge in [-0.05, 0) is 45.4 Å². The van der Waals surface area contributed by atoms with Crippen LogP contribution in [0.15, 0.2) is 12.1 Å². The lowest BCUT2D eigenvalue weighted by Gasteiger charge is -2.44. The van der Waals surface area contributed by atoms with Crippen LogP contribution >= 0.6 is 0 Å². The molecule has 1 aromatic carbocycles. The summed E-state index contributed by atoms with van der Waals surface area (Å²) in [5.74, 6) is -5.63. The zero-order chi connectivity index (χ0) is 28.4. The number of benzene rings is 1. The molecule has 0 amide bonds. The van der Waals surface area contributed by atoms with Crippen molar-refractivity contribution in [3.05, 3.63) is 40.6 Å². The van der Waals surface area contributed by atoms with Gasteiger partial charge in [-0.15, -0.1) is 5.10 Å². The summed E-state index contributed by atoms with van der Waals surface area (Å²) < 4.78 is 55.2. The quantitative estimate of drug-likeness (QED) is 0.265. The predicted octanol–water partition coefficient (Wildman–Crippen LogP) is 1.33. The number of aliphatic hydroxyl groups is 4. The van der Waals surface area contributed by atoms with Gasteiger partial charge in [0.25, 0.3) is 0 Å². The van der Waals surface area contributed by atoms with E-state index in [1.807, 2.05) is 13.8 Å². The number of methoxy groups -OCH3 is 1. The second-order valence-electron chi connectivity index (χ2n) is 8.99. The van der Waals surface area contributed by atoms with Crippen LogP contribution in [0.2, 0.25) is 0 Å². The average Bonchev–Trinajstić information content (AvgIpc) is 3.14. The largest absolute Gasteiger partial charge is 0.508 e. The van der Waals surface area contributed by atoms with Gasteiger partial charge in [-0.1, -0.05) is 0 Å². The van der Waals surface area contributed by atoms with Gasteiger partial charge in [0.05, 0.1) is 13.7 Å². The molecule has 0 spiro atoms. The van der Waals surface area contributed by atoms with Crippen LogP contribution in [0.5, 0.6) is 11.6 Å². The molecular weight excluding hydrogens is 514 g/mol.